The molecule has 1 aliphatic rings. The topological polar surface area (TPSA) is 80.6 Å². The predicted octanol–water partition coefficient (Wildman–Crippen LogP) is 2.44. The van der Waals surface area contributed by atoms with Crippen molar-refractivity contribution < 1.29 is 0 Å². The first kappa shape index (κ1) is 14.6. The molecule has 1 aliphatic heterocycles. The van der Waals surface area contributed by atoms with Crippen molar-refractivity contribution in [3.63, 3.8) is 0 Å². The lowest BCUT2D eigenvalue weighted by atomic mass is 10.1. The Hall–Kier alpha value is -2.03. The molecule has 0 aliphatic carbocycles. The molecule has 0 fully saturated rings. The molecule has 23 heavy (non-hydrogen) atoms. The van der Waals surface area contributed by atoms with Gasteiger partial charge in [-0.2, -0.15) is 5.10 Å². The van der Waals surface area contributed by atoms with Crippen molar-refractivity contribution in [3.05, 3.63) is 55.7 Å². The maximum atomic E-state index is 12.1. The molecule has 3 aromatic rings. The summed E-state index contributed by atoms with van der Waals surface area (Å²) >= 11 is 6.72. The van der Waals surface area contributed by atoms with Crippen LogP contribution in [-0.2, 0) is 19.5 Å². The third kappa shape index (κ3) is 2.80. The largest absolute Gasteiger partial charge is 0.335 e. The molecule has 3 N–H and O–H groups in total. The SMILES string of the molecule is O=c1[nH]c(=S)[nH]c2c1CN(Cc1cn[nH]c1-c1cccs1)CC2. The van der Waals surface area contributed by atoms with Crippen LogP contribution in [0.2, 0.25) is 0 Å². The van der Waals surface area contributed by atoms with E-state index in [0.717, 1.165) is 42.0 Å². The molecule has 0 amide bonds. The standard InChI is InChI=1S/C15H15N5OS2/c21-14-10-8-20(4-3-11(10)17-15(22)18-14)7-9-6-16-19-13(9)12-2-1-5-23-12/h1-2,5-6H,3-4,7-8H2,(H,16,19)(H2,17,18,21,22). The number of rotatable bonds is 3. The minimum absolute atomic E-state index is 0.0841. The van der Waals surface area contributed by atoms with E-state index in [1.165, 1.54) is 4.88 Å². The molecule has 0 unspecified atom stereocenters. The summed E-state index contributed by atoms with van der Waals surface area (Å²) in [6.07, 6.45) is 2.67. The Kier molecular flexibility index (Phi) is 3.72. The van der Waals surface area contributed by atoms with Gasteiger partial charge in [0.25, 0.3) is 5.56 Å². The van der Waals surface area contributed by atoms with Crippen molar-refractivity contribution in [1.82, 2.24) is 25.1 Å². The third-order valence-corrected chi connectivity index (χ3v) is 5.16. The van der Waals surface area contributed by atoms with Crippen LogP contribution in [0.15, 0.2) is 28.5 Å². The van der Waals surface area contributed by atoms with Crippen LogP contribution in [0.1, 0.15) is 16.8 Å². The lowest BCUT2D eigenvalue weighted by Gasteiger charge is -2.27. The lowest BCUT2D eigenvalue weighted by Crippen LogP contribution is -2.35. The Bertz CT molecular complexity index is 937. The van der Waals surface area contributed by atoms with Crippen LogP contribution in [0.4, 0.5) is 0 Å². The second-order valence-corrected chi connectivity index (χ2v) is 6.93. The molecule has 8 heteroatoms. The maximum absolute atomic E-state index is 12.1. The van der Waals surface area contributed by atoms with Crippen molar-refractivity contribution in [3.8, 4) is 10.6 Å². The fraction of sp³-hybridized carbons (Fsp3) is 0.267. The first-order chi connectivity index (χ1) is 11.2. The van der Waals surface area contributed by atoms with Gasteiger partial charge in [0, 0.05) is 37.3 Å². The van der Waals surface area contributed by atoms with Crippen LogP contribution in [-0.4, -0.2) is 31.6 Å². The van der Waals surface area contributed by atoms with Crippen LogP contribution < -0.4 is 5.56 Å². The maximum Gasteiger partial charge on any atom is 0.256 e. The van der Waals surface area contributed by atoms with Gasteiger partial charge >= 0.3 is 0 Å². The van der Waals surface area contributed by atoms with E-state index in [-0.39, 0.29) is 5.56 Å². The lowest BCUT2D eigenvalue weighted by molar-refractivity contribution is 0.242. The van der Waals surface area contributed by atoms with Gasteiger partial charge in [-0.3, -0.25) is 19.8 Å². The van der Waals surface area contributed by atoms with Gasteiger partial charge in [-0.15, -0.1) is 11.3 Å². The molecule has 0 bridgehead atoms. The second kappa shape index (κ2) is 5.88. The molecular formula is C15H15N5OS2. The molecule has 0 saturated carbocycles. The van der Waals surface area contributed by atoms with E-state index < -0.39 is 0 Å². The second-order valence-electron chi connectivity index (χ2n) is 5.57. The Morgan fingerprint density at radius 3 is 3.13 bits per heavy atom. The number of aromatic nitrogens is 4. The number of thiophene rings is 1. The zero-order chi connectivity index (χ0) is 15.8. The summed E-state index contributed by atoms with van der Waals surface area (Å²) in [5.74, 6) is 0. The Morgan fingerprint density at radius 2 is 2.30 bits per heavy atom. The summed E-state index contributed by atoms with van der Waals surface area (Å²) in [6.45, 7) is 2.26. The molecular weight excluding hydrogens is 330 g/mol. The fourth-order valence-corrected chi connectivity index (χ4v) is 3.92. The fourth-order valence-electron chi connectivity index (χ4n) is 2.95. The number of aromatic amines is 3. The number of fused-ring (bicyclic) bond motifs is 1. The van der Waals surface area contributed by atoms with Crippen molar-refractivity contribution in [2.45, 2.75) is 19.5 Å². The summed E-state index contributed by atoms with van der Waals surface area (Å²) in [5, 5.41) is 9.32. The highest BCUT2D eigenvalue weighted by atomic mass is 32.1. The van der Waals surface area contributed by atoms with E-state index in [9.17, 15) is 4.79 Å². The Labute approximate surface area is 141 Å². The van der Waals surface area contributed by atoms with Gasteiger partial charge in [-0.05, 0) is 23.7 Å². The van der Waals surface area contributed by atoms with E-state index >= 15 is 0 Å². The van der Waals surface area contributed by atoms with Crippen LogP contribution in [0.25, 0.3) is 10.6 Å². The summed E-state index contributed by atoms with van der Waals surface area (Å²) in [7, 11) is 0. The molecule has 0 saturated heterocycles. The average Bonchev–Trinajstić information content (AvgIpc) is 3.18. The van der Waals surface area contributed by atoms with E-state index in [2.05, 4.69) is 36.5 Å². The molecule has 0 radical (unpaired) electrons. The van der Waals surface area contributed by atoms with E-state index in [1.807, 2.05) is 12.3 Å². The van der Waals surface area contributed by atoms with Gasteiger partial charge in [-0.25, -0.2) is 0 Å². The van der Waals surface area contributed by atoms with Gasteiger partial charge in [0.05, 0.1) is 22.3 Å². The van der Waals surface area contributed by atoms with Gasteiger partial charge in [0.2, 0.25) is 0 Å². The Morgan fingerprint density at radius 1 is 1.39 bits per heavy atom. The van der Waals surface area contributed by atoms with Crippen LogP contribution >= 0.6 is 23.6 Å². The highest BCUT2D eigenvalue weighted by Crippen LogP contribution is 2.27. The smallest absolute Gasteiger partial charge is 0.256 e. The van der Waals surface area contributed by atoms with E-state index in [4.69, 9.17) is 12.2 Å². The molecule has 3 aromatic heterocycles. The molecule has 0 aromatic carbocycles. The molecule has 0 atom stereocenters. The minimum Gasteiger partial charge on any atom is -0.335 e. The Balaban J connectivity index is 1.59. The molecule has 118 valence electrons. The zero-order valence-electron chi connectivity index (χ0n) is 12.3. The van der Waals surface area contributed by atoms with Crippen molar-refractivity contribution >= 4 is 23.6 Å². The van der Waals surface area contributed by atoms with Crippen molar-refractivity contribution in [2.75, 3.05) is 6.54 Å². The molecule has 4 rings (SSSR count). The molecule has 4 heterocycles. The zero-order valence-corrected chi connectivity index (χ0v) is 13.9. The first-order valence-corrected chi connectivity index (χ1v) is 8.62. The average molecular weight is 345 g/mol. The highest BCUT2D eigenvalue weighted by Gasteiger charge is 2.21. The van der Waals surface area contributed by atoms with E-state index in [0.29, 0.717) is 11.3 Å². The quantitative estimate of drug-likeness (QED) is 0.637. The van der Waals surface area contributed by atoms with E-state index in [1.54, 1.807) is 11.3 Å². The van der Waals surface area contributed by atoms with Crippen LogP contribution in [0.5, 0.6) is 0 Å². The van der Waals surface area contributed by atoms with Crippen LogP contribution in [0, 0.1) is 4.77 Å². The summed E-state index contributed by atoms with van der Waals surface area (Å²) in [4.78, 5) is 21.3. The summed E-state index contributed by atoms with van der Waals surface area (Å²) in [5.41, 5.74) is 3.87. The third-order valence-electron chi connectivity index (χ3n) is 4.07. The number of nitrogens with zero attached hydrogens (tertiary/aromatic N) is 2. The normalized spacial score (nSPS) is 14.8. The van der Waals surface area contributed by atoms with Gasteiger partial charge < -0.3 is 4.98 Å². The number of H-pyrrole nitrogens is 3. The van der Waals surface area contributed by atoms with Gasteiger partial charge in [0.1, 0.15) is 0 Å². The van der Waals surface area contributed by atoms with Gasteiger partial charge in [-0.1, -0.05) is 6.07 Å². The minimum atomic E-state index is -0.0841. The monoisotopic (exact) mass is 345 g/mol. The molecule has 6 nitrogen and oxygen atoms in total. The number of hydrogen-bond donors (Lipinski definition) is 3. The van der Waals surface area contributed by atoms with Crippen LogP contribution in [0.3, 0.4) is 0 Å². The molecule has 0 spiro atoms. The predicted molar refractivity (Wildman–Crippen MR) is 92.0 cm³/mol. The number of hydrogen-bond acceptors (Lipinski definition) is 5. The summed E-state index contributed by atoms with van der Waals surface area (Å²) < 4.78 is 0.400. The summed E-state index contributed by atoms with van der Waals surface area (Å²) in [6, 6.07) is 4.11. The van der Waals surface area contributed by atoms with Crippen molar-refractivity contribution in [2.24, 2.45) is 0 Å². The number of nitrogens with one attached hydrogen (secondary N) is 3. The first-order valence-electron chi connectivity index (χ1n) is 7.33. The van der Waals surface area contributed by atoms with Gasteiger partial charge in [0.15, 0.2) is 4.77 Å². The highest BCUT2D eigenvalue weighted by molar-refractivity contribution is 7.71. The van der Waals surface area contributed by atoms with Crippen molar-refractivity contribution in [1.29, 1.82) is 0 Å².